The second kappa shape index (κ2) is 8.60. The highest BCUT2D eigenvalue weighted by Crippen LogP contribution is 2.56. The Morgan fingerprint density at radius 2 is 1.00 bits per heavy atom. The van der Waals surface area contributed by atoms with E-state index in [9.17, 15) is 0 Å². The summed E-state index contributed by atoms with van der Waals surface area (Å²) in [6, 6.07) is 49.0. The van der Waals surface area contributed by atoms with Gasteiger partial charge in [-0.2, -0.15) is 0 Å². The van der Waals surface area contributed by atoms with Crippen molar-refractivity contribution in [3.8, 4) is 11.1 Å². The third kappa shape index (κ3) is 3.31. The third-order valence-corrected chi connectivity index (χ3v) is 7.27. The van der Waals surface area contributed by atoms with Crippen LogP contribution in [-0.2, 0) is 5.41 Å². The van der Waals surface area contributed by atoms with Gasteiger partial charge in [-0.25, -0.2) is 0 Å². The molecule has 0 bridgehead atoms. The van der Waals surface area contributed by atoms with Crippen molar-refractivity contribution in [1.82, 2.24) is 0 Å². The first-order chi connectivity index (χ1) is 17.2. The fourth-order valence-electron chi connectivity index (χ4n) is 5.92. The molecule has 6 rings (SSSR count). The summed E-state index contributed by atoms with van der Waals surface area (Å²) in [5, 5.41) is 0. The Hall–Kier alpha value is -4.10. The molecule has 1 heteroatoms. The standard InChI is InChI=1S/C34H29N/c1-25(2)35(28-18-10-5-11-19-28)29-22-23-31-30-20-12-13-21-32(30)34(33(31)24-29,26-14-6-3-7-15-26)27-16-8-4-9-17-27/h3-25H,1-2H3. The average molecular weight is 452 g/mol. The SMILES string of the molecule is CC(C)N(c1ccccc1)c1ccc2c(c1)C(c1ccccc1)(c1ccccc1)c1ccccc1-2. The van der Waals surface area contributed by atoms with Crippen LogP contribution in [0, 0.1) is 0 Å². The van der Waals surface area contributed by atoms with Crippen molar-refractivity contribution >= 4 is 11.4 Å². The van der Waals surface area contributed by atoms with Crippen LogP contribution in [0.15, 0.2) is 133 Å². The van der Waals surface area contributed by atoms with Gasteiger partial charge in [-0.05, 0) is 71.5 Å². The zero-order chi connectivity index (χ0) is 23.8. The van der Waals surface area contributed by atoms with Crippen molar-refractivity contribution in [1.29, 1.82) is 0 Å². The molecule has 5 aromatic rings. The molecule has 0 unspecified atom stereocenters. The van der Waals surface area contributed by atoms with E-state index in [1.54, 1.807) is 0 Å². The zero-order valence-corrected chi connectivity index (χ0v) is 20.2. The van der Waals surface area contributed by atoms with Gasteiger partial charge in [0.05, 0.1) is 5.41 Å². The number of fused-ring (bicyclic) bond motifs is 3. The van der Waals surface area contributed by atoms with Crippen molar-refractivity contribution in [2.75, 3.05) is 4.90 Å². The summed E-state index contributed by atoms with van der Waals surface area (Å²) in [4.78, 5) is 2.43. The Labute approximate surface area is 208 Å². The molecule has 35 heavy (non-hydrogen) atoms. The van der Waals surface area contributed by atoms with Gasteiger partial charge in [0.1, 0.15) is 0 Å². The van der Waals surface area contributed by atoms with Crippen molar-refractivity contribution in [3.05, 3.63) is 156 Å². The minimum atomic E-state index is -0.371. The molecule has 0 radical (unpaired) electrons. The molecule has 0 aromatic heterocycles. The first-order valence-corrected chi connectivity index (χ1v) is 12.4. The quantitative estimate of drug-likeness (QED) is 0.254. The molecule has 0 fully saturated rings. The Kier molecular flexibility index (Phi) is 5.26. The van der Waals surface area contributed by atoms with Crippen LogP contribution in [-0.4, -0.2) is 6.04 Å². The predicted octanol–water partition coefficient (Wildman–Crippen LogP) is 8.60. The van der Waals surface area contributed by atoms with Crippen LogP contribution in [0.5, 0.6) is 0 Å². The molecule has 170 valence electrons. The van der Waals surface area contributed by atoms with E-state index in [2.05, 4.69) is 152 Å². The van der Waals surface area contributed by atoms with Crippen LogP contribution < -0.4 is 4.90 Å². The zero-order valence-electron chi connectivity index (χ0n) is 20.2. The normalized spacial score (nSPS) is 13.3. The molecule has 5 aromatic carbocycles. The Morgan fingerprint density at radius 1 is 0.486 bits per heavy atom. The van der Waals surface area contributed by atoms with Gasteiger partial charge in [-0.3, -0.25) is 0 Å². The second-order valence-electron chi connectivity index (χ2n) is 9.56. The first-order valence-electron chi connectivity index (χ1n) is 12.4. The molecule has 0 N–H and O–H groups in total. The topological polar surface area (TPSA) is 3.24 Å². The summed E-state index contributed by atoms with van der Waals surface area (Å²) in [7, 11) is 0. The largest absolute Gasteiger partial charge is 0.339 e. The summed E-state index contributed by atoms with van der Waals surface area (Å²) in [6.07, 6.45) is 0. The maximum atomic E-state index is 2.43. The maximum absolute atomic E-state index is 2.43. The van der Waals surface area contributed by atoms with Crippen LogP contribution in [0.25, 0.3) is 11.1 Å². The molecule has 0 spiro atoms. The smallest absolute Gasteiger partial charge is 0.0714 e. The Balaban J connectivity index is 1.68. The number of hydrogen-bond donors (Lipinski definition) is 0. The number of hydrogen-bond acceptors (Lipinski definition) is 1. The highest BCUT2D eigenvalue weighted by atomic mass is 15.2. The molecule has 0 atom stereocenters. The molecule has 0 saturated heterocycles. The highest BCUT2D eigenvalue weighted by molar-refractivity contribution is 5.88. The Bertz CT molecular complexity index is 1410. The third-order valence-electron chi connectivity index (χ3n) is 7.27. The lowest BCUT2D eigenvalue weighted by molar-refractivity contribution is 0.761. The van der Waals surface area contributed by atoms with E-state index < -0.39 is 0 Å². The minimum absolute atomic E-state index is 0.321. The lowest BCUT2D eigenvalue weighted by Crippen LogP contribution is -2.29. The van der Waals surface area contributed by atoms with Gasteiger partial charge < -0.3 is 4.90 Å². The van der Waals surface area contributed by atoms with E-state index in [-0.39, 0.29) is 5.41 Å². The minimum Gasteiger partial charge on any atom is -0.339 e. The number of anilines is 2. The molecule has 1 nitrogen and oxygen atoms in total. The van der Waals surface area contributed by atoms with Gasteiger partial charge in [0, 0.05) is 17.4 Å². The van der Waals surface area contributed by atoms with Gasteiger partial charge >= 0.3 is 0 Å². The van der Waals surface area contributed by atoms with Gasteiger partial charge in [0.15, 0.2) is 0 Å². The summed E-state index contributed by atoms with van der Waals surface area (Å²) in [5.41, 5.74) is 9.97. The van der Waals surface area contributed by atoms with E-state index in [0.717, 1.165) is 0 Å². The predicted molar refractivity (Wildman–Crippen MR) is 147 cm³/mol. The molecular weight excluding hydrogens is 422 g/mol. The van der Waals surface area contributed by atoms with E-state index in [1.165, 1.54) is 44.8 Å². The summed E-state index contributed by atoms with van der Waals surface area (Å²) in [5.74, 6) is 0. The molecular formula is C34H29N. The molecule has 1 aliphatic rings. The van der Waals surface area contributed by atoms with Gasteiger partial charge in [0.2, 0.25) is 0 Å². The highest BCUT2D eigenvalue weighted by Gasteiger charge is 2.46. The van der Waals surface area contributed by atoms with Crippen LogP contribution >= 0.6 is 0 Å². The number of nitrogens with zero attached hydrogens (tertiary/aromatic N) is 1. The van der Waals surface area contributed by atoms with Crippen LogP contribution in [0.4, 0.5) is 11.4 Å². The molecule has 0 aliphatic heterocycles. The van der Waals surface area contributed by atoms with E-state index in [1.807, 2.05) is 0 Å². The van der Waals surface area contributed by atoms with Crippen LogP contribution in [0.1, 0.15) is 36.1 Å². The van der Waals surface area contributed by atoms with Crippen LogP contribution in [0.2, 0.25) is 0 Å². The fourth-order valence-corrected chi connectivity index (χ4v) is 5.92. The molecule has 0 heterocycles. The summed E-state index contributed by atoms with van der Waals surface area (Å²) >= 11 is 0. The van der Waals surface area contributed by atoms with E-state index in [4.69, 9.17) is 0 Å². The van der Waals surface area contributed by atoms with Gasteiger partial charge in [-0.1, -0.05) is 109 Å². The lowest BCUT2D eigenvalue weighted by Gasteiger charge is -2.35. The monoisotopic (exact) mass is 451 g/mol. The Morgan fingerprint density at radius 3 is 1.60 bits per heavy atom. The fraction of sp³-hybridized carbons (Fsp3) is 0.118. The molecule has 1 aliphatic carbocycles. The van der Waals surface area contributed by atoms with Gasteiger partial charge in [0.25, 0.3) is 0 Å². The van der Waals surface area contributed by atoms with Gasteiger partial charge in [-0.15, -0.1) is 0 Å². The maximum Gasteiger partial charge on any atom is 0.0714 e. The number of rotatable bonds is 5. The lowest BCUT2D eigenvalue weighted by atomic mass is 9.67. The first kappa shape index (κ1) is 21.4. The van der Waals surface area contributed by atoms with E-state index >= 15 is 0 Å². The second-order valence-corrected chi connectivity index (χ2v) is 9.56. The number of benzene rings is 5. The molecule has 0 saturated carbocycles. The average Bonchev–Trinajstić information content (AvgIpc) is 3.21. The van der Waals surface area contributed by atoms with Crippen molar-refractivity contribution in [2.45, 2.75) is 25.3 Å². The van der Waals surface area contributed by atoms with Crippen molar-refractivity contribution < 1.29 is 0 Å². The van der Waals surface area contributed by atoms with Crippen molar-refractivity contribution in [2.24, 2.45) is 0 Å². The summed E-state index contributed by atoms with van der Waals surface area (Å²) in [6.45, 7) is 4.52. The van der Waals surface area contributed by atoms with Crippen molar-refractivity contribution in [3.63, 3.8) is 0 Å². The molecule has 0 amide bonds. The number of para-hydroxylation sites is 1. The summed E-state index contributed by atoms with van der Waals surface area (Å²) < 4.78 is 0. The van der Waals surface area contributed by atoms with E-state index in [0.29, 0.717) is 6.04 Å². The van der Waals surface area contributed by atoms with Crippen LogP contribution in [0.3, 0.4) is 0 Å².